The summed E-state index contributed by atoms with van der Waals surface area (Å²) in [6.45, 7) is 4.18. The Labute approximate surface area is 66.0 Å². The molecule has 1 aromatic rings. The monoisotopic (exact) mass is 158 g/mol. The summed E-state index contributed by atoms with van der Waals surface area (Å²) >= 11 is 6.02. The Balaban J connectivity index is 2.68. The molecule has 2 heteroatoms. The van der Waals surface area contributed by atoms with E-state index >= 15 is 0 Å². The van der Waals surface area contributed by atoms with Gasteiger partial charge in [0.2, 0.25) is 0 Å². The Morgan fingerprint density at radius 2 is 2.20 bits per heavy atom. The number of hydrogen-bond donors (Lipinski definition) is 0. The zero-order valence-electron chi connectivity index (χ0n) is 6.17. The van der Waals surface area contributed by atoms with Gasteiger partial charge in [-0.2, -0.15) is 0 Å². The topological polar surface area (TPSA) is 13.1 Å². The molecule has 0 N–H and O–H groups in total. The minimum Gasteiger partial charge on any atom is -0.472 e. The highest BCUT2D eigenvalue weighted by Gasteiger charge is 2.12. The standard InChI is InChI=1S/C8H11ClO/c1-6(2)8(9)7-3-4-10-5-7/h3-6,8H,1-2H3. The first-order valence-electron chi connectivity index (χ1n) is 3.38. The molecule has 1 atom stereocenters. The van der Waals surface area contributed by atoms with Crippen LogP contribution in [-0.2, 0) is 0 Å². The van der Waals surface area contributed by atoms with E-state index in [1.54, 1.807) is 12.5 Å². The molecule has 1 aromatic heterocycles. The maximum atomic E-state index is 6.02. The molecular weight excluding hydrogens is 148 g/mol. The summed E-state index contributed by atoms with van der Waals surface area (Å²) in [5.41, 5.74) is 1.07. The molecule has 0 aliphatic rings. The van der Waals surface area contributed by atoms with E-state index < -0.39 is 0 Å². The highest BCUT2D eigenvalue weighted by Crippen LogP contribution is 2.28. The summed E-state index contributed by atoms with van der Waals surface area (Å²) < 4.78 is 4.90. The summed E-state index contributed by atoms with van der Waals surface area (Å²) in [4.78, 5) is 0. The van der Waals surface area contributed by atoms with E-state index in [1.807, 2.05) is 6.07 Å². The second-order valence-electron chi connectivity index (χ2n) is 2.70. The van der Waals surface area contributed by atoms with Gasteiger partial charge in [0.15, 0.2) is 0 Å². The predicted octanol–water partition coefficient (Wildman–Crippen LogP) is 3.22. The van der Waals surface area contributed by atoms with Crippen molar-refractivity contribution in [3.8, 4) is 0 Å². The van der Waals surface area contributed by atoms with Gasteiger partial charge in [-0.25, -0.2) is 0 Å². The molecular formula is C8H11ClO. The second-order valence-corrected chi connectivity index (χ2v) is 3.17. The molecule has 1 unspecified atom stereocenters. The van der Waals surface area contributed by atoms with Gasteiger partial charge >= 0.3 is 0 Å². The highest BCUT2D eigenvalue weighted by atomic mass is 35.5. The number of alkyl halides is 1. The molecule has 56 valence electrons. The van der Waals surface area contributed by atoms with Crippen LogP contribution in [0.3, 0.4) is 0 Å². The van der Waals surface area contributed by atoms with Crippen LogP contribution in [0.4, 0.5) is 0 Å². The van der Waals surface area contributed by atoms with E-state index in [0.29, 0.717) is 5.92 Å². The van der Waals surface area contributed by atoms with E-state index in [9.17, 15) is 0 Å². The van der Waals surface area contributed by atoms with Gasteiger partial charge in [-0.1, -0.05) is 13.8 Å². The Morgan fingerprint density at radius 1 is 1.50 bits per heavy atom. The quantitative estimate of drug-likeness (QED) is 0.603. The van der Waals surface area contributed by atoms with Crippen LogP contribution in [-0.4, -0.2) is 0 Å². The molecule has 0 amide bonds. The molecule has 1 heterocycles. The van der Waals surface area contributed by atoms with Crippen LogP contribution in [0.15, 0.2) is 23.0 Å². The van der Waals surface area contributed by atoms with E-state index in [-0.39, 0.29) is 5.38 Å². The summed E-state index contributed by atoms with van der Waals surface area (Å²) in [6, 6.07) is 1.90. The molecule has 0 saturated carbocycles. The van der Waals surface area contributed by atoms with Crippen molar-refractivity contribution in [2.45, 2.75) is 19.2 Å². The minimum absolute atomic E-state index is 0.0822. The summed E-state index contributed by atoms with van der Waals surface area (Å²) in [5, 5.41) is 0.0822. The lowest BCUT2D eigenvalue weighted by molar-refractivity contribution is 0.554. The first-order chi connectivity index (χ1) is 4.72. The number of hydrogen-bond acceptors (Lipinski definition) is 1. The van der Waals surface area contributed by atoms with E-state index in [4.69, 9.17) is 16.0 Å². The lowest BCUT2D eigenvalue weighted by atomic mass is 10.1. The van der Waals surface area contributed by atoms with E-state index in [0.717, 1.165) is 5.56 Å². The number of rotatable bonds is 2. The predicted molar refractivity (Wildman–Crippen MR) is 42.1 cm³/mol. The molecule has 0 aromatic carbocycles. The normalized spacial score (nSPS) is 14.0. The largest absolute Gasteiger partial charge is 0.472 e. The van der Waals surface area contributed by atoms with E-state index in [2.05, 4.69) is 13.8 Å². The van der Waals surface area contributed by atoms with Crippen LogP contribution in [0.25, 0.3) is 0 Å². The molecule has 1 nitrogen and oxygen atoms in total. The molecule has 1 rings (SSSR count). The second kappa shape index (κ2) is 3.11. The third-order valence-electron chi connectivity index (χ3n) is 1.45. The fraction of sp³-hybridized carbons (Fsp3) is 0.500. The summed E-state index contributed by atoms with van der Waals surface area (Å²) in [5.74, 6) is 0.458. The van der Waals surface area contributed by atoms with Gasteiger partial charge in [0.25, 0.3) is 0 Å². The van der Waals surface area contributed by atoms with Crippen LogP contribution in [0.1, 0.15) is 24.8 Å². The van der Waals surface area contributed by atoms with Crippen molar-refractivity contribution in [3.05, 3.63) is 24.2 Å². The summed E-state index contributed by atoms with van der Waals surface area (Å²) in [7, 11) is 0. The zero-order valence-corrected chi connectivity index (χ0v) is 6.93. The lowest BCUT2D eigenvalue weighted by Gasteiger charge is -2.09. The SMILES string of the molecule is CC(C)C(Cl)c1ccoc1. The number of furan rings is 1. The molecule has 0 aliphatic carbocycles. The molecule has 0 aliphatic heterocycles. The molecule has 0 spiro atoms. The average molecular weight is 159 g/mol. The van der Waals surface area contributed by atoms with Gasteiger partial charge in [0.05, 0.1) is 17.9 Å². The first kappa shape index (κ1) is 7.67. The van der Waals surface area contributed by atoms with Crippen molar-refractivity contribution in [2.75, 3.05) is 0 Å². The average Bonchev–Trinajstić information content (AvgIpc) is 2.36. The van der Waals surface area contributed by atoms with Crippen molar-refractivity contribution in [2.24, 2.45) is 5.92 Å². The Bertz CT molecular complexity index is 179. The van der Waals surface area contributed by atoms with E-state index in [1.165, 1.54) is 0 Å². The third-order valence-corrected chi connectivity index (χ3v) is 2.20. The Hall–Kier alpha value is -0.430. The lowest BCUT2D eigenvalue weighted by Crippen LogP contribution is -1.96. The Morgan fingerprint density at radius 3 is 2.60 bits per heavy atom. The number of halogens is 1. The van der Waals surface area contributed by atoms with Gasteiger partial charge in [-0.15, -0.1) is 11.6 Å². The maximum Gasteiger partial charge on any atom is 0.0949 e. The van der Waals surface area contributed by atoms with Gasteiger partial charge < -0.3 is 4.42 Å². The molecule has 0 radical (unpaired) electrons. The van der Waals surface area contributed by atoms with Crippen LogP contribution in [0.5, 0.6) is 0 Å². The van der Waals surface area contributed by atoms with Crippen LogP contribution < -0.4 is 0 Å². The first-order valence-corrected chi connectivity index (χ1v) is 3.81. The van der Waals surface area contributed by atoms with Gasteiger partial charge in [-0.3, -0.25) is 0 Å². The molecule has 0 saturated heterocycles. The van der Waals surface area contributed by atoms with Crippen molar-refractivity contribution in [3.63, 3.8) is 0 Å². The molecule has 0 bridgehead atoms. The third kappa shape index (κ3) is 1.54. The van der Waals surface area contributed by atoms with Crippen LogP contribution >= 0.6 is 11.6 Å². The Kier molecular flexibility index (Phi) is 2.39. The van der Waals surface area contributed by atoms with Crippen LogP contribution in [0.2, 0.25) is 0 Å². The van der Waals surface area contributed by atoms with Crippen molar-refractivity contribution in [1.29, 1.82) is 0 Å². The zero-order chi connectivity index (χ0) is 7.56. The smallest absolute Gasteiger partial charge is 0.0949 e. The fourth-order valence-corrected chi connectivity index (χ4v) is 0.941. The maximum absolute atomic E-state index is 6.02. The molecule has 10 heavy (non-hydrogen) atoms. The van der Waals surface area contributed by atoms with Gasteiger partial charge in [0, 0.05) is 5.56 Å². The van der Waals surface area contributed by atoms with Crippen molar-refractivity contribution < 1.29 is 4.42 Å². The fourth-order valence-electron chi connectivity index (χ4n) is 0.817. The highest BCUT2D eigenvalue weighted by molar-refractivity contribution is 6.20. The summed E-state index contributed by atoms with van der Waals surface area (Å²) in [6.07, 6.45) is 3.34. The van der Waals surface area contributed by atoms with Gasteiger partial charge in [-0.05, 0) is 12.0 Å². The van der Waals surface area contributed by atoms with Gasteiger partial charge in [0.1, 0.15) is 0 Å². The minimum atomic E-state index is 0.0822. The molecule has 0 fully saturated rings. The van der Waals surface area contributed by atoms with Crippen LogP contribution in [0, 0.1) is 5.92 Å². The van der Waals surface area contributed by atoms with Crippen molar-refractivity contribution in [1.82, 2.24) is 0 Å². The van der Waals surface area contributed by atoms with Crippen molar-refractivity contribution >= 4 is 11.6 Å².